The minimum Gasteiger partial charge on any atom is -0.506 e. The van der Waals surface area contributed by atoms with Crippen molar-refractivity contribution in [1.29, 1.82) is 0 Å². The average molecular weight is 1040 g/mol. The Bertz CT molecular complexity index is 3600. The molecule has 12 nitrogen and oxygen atoms in total. The number of esters is 1. The molecular weight excluding hydrogens is 961 g/mol. The molecule has 9 rings (SSSR count). The van der Waals surface area contributed by atoms with Gasteiger partial charge < -0.3 is 14.9 Å². The number of methoxy groups -OCH3 is 1. The summed E-state index contributed by atoms with van der Waals surface area (Å²) in [6.45, 7) is 29.2. The molecule has 0 unspecified atom stereocenters. The zero-order chi connectivity index (χ0) is 56.5. The predicted octanol–water partition coefficient (Wildman–Crippen LogP) is 16.1. The second-order valence-corrected chi connectivity index (χ2v) is 22.7. The average Bonchev–Trinajstić information content (AvgIpc) is 3.91. The van der Waals surface area contributed by atoms with Crippen LogP contribution in [0, 0.1) is 5.41 Å². The third-order valence-electron chi connectivity index (χ3n) is 13.2. The smallest absolute Gasteiger partial charge is 0.356 e. The third-order valence-corrected chi connectivity index (χ3v) is 13.2. The Labute approximate surface area is 453 Å². The highest BCUT2D eigenvalue weighted by Gasteiger charge is 2.21. The number of pyridine rings is 4. The summed E-state index contributed by atoms with van der Waals surface area (Å²) in [6, 6.07) is 34.5. The fraction of sp³-hybridized carbons (Fsp3) is 0.323. The van der Waals surface area contributed by atoms with Gasteiger partial charge in [0.2, 0.25) is 0 Å². The van der Waals surface area contributed by atoms with Gasteiger partial charge in [-0.1, -0.05) is 170 Å². The first-order valence-electron chi connectivity index (χ1n) is 26.1. The van der Waals surface area contributed by atoms with Crippen LogP contribution in [0.25, 0.3) is 60.2 Å². The molecule has 400 valence electrons. The van der Waals surface area contributed by atoms with Gasteiger partial charge in [-0.2, -0.15) is 5.10 Å². The predicted molar refractivity (Wildman–Crippen MR) is 313 cm³/mol. The number of rotatable bonds is 9. The number of aliphatic hydroxyl groups excluding tert-OH is 1. The molecule has 4 aromatic carbocycles. The van der Waals surface area contributed by atoms with E-state index < -0.39 is 17.4 Å². The molecule has 0 fully saturated rings. The van der Waals surface area contributed by atoms with Gasteiger partial charge in [0.05, 0.1) is 12.8 Å². The summed E-state index contributed by atoms with van der Waals surface area (Å²) in [6.07, 6.45) is 8.22. The second-order valence-electron chi connectivity index (χ2n) is 22.7. The van der Waals surface area contributed by atoms with E-state index in [2.05, 4.69) is 172 Å². The topological polar surface area (TPSA) is 181 Å². The molecule has 0 bridgehead atoms. The summed E-state index contributed by atoms with van der Waals surface area (Å²) in [5.74, 6) is 0.268. The second kappa shape index (κ2) is 24.7. The Morgan fingerprint density at radius 3 is 1.23 bits per heavy atom. The molecular formula is C65H74N6O6. The number of ketones is 1. The number of H-pyrrole nitrogens is 1. The maximum atomic E-state index is 12.0. The molecule has 12 heteroatoms. The molecule has 77 heavy (non-hydrogen) atoms. The van der Waals surface area contributed by atoms with Gasteiger partial charge in [-0.3, -0.25) is 19.9 Å². The van der Waals surface area contributed by atoms with Crippen molar-refractivity contribution in [3.05, 3.63) is 179 Å². The number of carbonyl (C=O) groups excluding carboxylic acids is 2. The van der Waals surface area contributed by atoms with Gasteiger partial charge in [0.1, 0.15) is 28.5 Å². The van der Waals surface area contributed by atoms with Gasteiger partial charge in [-0.15, -0.1) is 0 Å². The summed E-state index contributed by atoms with van der Waals surface area (Å²) < 4.78 is 4.66. The van der Waals surface area contributed by atoms with E-state index >= 15 is 0 Å². The van der Waals surface area contributed by atoms with Crippen molar-refractivity contribution in [1.82, 2.24) is 30.1 Å². The number of aromatic amines is 1. The number of aromatic nitrogens is 6. The number of carboxylic acid groups (broad SMARTS) is 1. The normalized spacial score (nSPS) is 11.9. The molecule has 0 aliphatic carbocycles. The highest BCUT2D eigenvalue weighted by atomic mass is 16.5. The number of fused-ring (bicyclic) bond motifs is 4. The van der Waals surface area contributed by atoms with Crippen LogP contribution in [0.2, 0.25) is 0 Å². The van der Waals surface area contributed by atoms with Crippen molar-refractivity contribution >= 4 is 66.6 Å². The maximum Gasteiger partial charge on any atom is 0.356 e. The molecule has 0 aliphatic rings. The first-order chi connectivity index (χ1) is 36.2. The molecule has 5 heterocycles. The number of nitrogens with zero attached hydrogens (tertiary/aromatic N) is 5. The number of hydrogen-bond donors (Lipinski definition) is 3. The number of ether oxygens (including phenoxy) is 1. The largest absolute Gasteiger partial charge is 0.506 e. The Morgan fingerprint density at radius 1 is 0.481 bits per heavy atom. The zero-order valence-electron chi connectivity index (χ0n) is 47.3. The minimum absolute atomic E-state index is 0.0624. The van der Waals surface area contributed by atoms with Crippen LogP contribution >= 0.6 is 0 Å². The van der Waals surface area contributed by atoms with Crippen molar-refractivity contribution in [3.63, 3.8) is 0 Å². The Kier molecular flexibility index (Phi) is 18.6. The first kappa shape index (κ1) is 58.1. The monoisotopic (exact) mass is 1030 g/mol. The minimum atomic E-state index is -0.989. The summed E-state index contributed by atoms with van der Waals surface area (Å²) in [5, 5.41) is 35.0. The Balaban J connectivity index is 0.000000168. The summed E-state index contributed by atoms with van der Waals surface area (Å²) >= 11 is 0. The van der Waals surface area contributed by atoms with Gasteiger partial charge >= 0.3 is 11.9 Å². The number of aliphatic hydroxyl groups is 1. The van der Waals surface area contributed by atoms with E-state index in [0.29, 0.717) is 35.1 Å². The number of allylic oxidation sites excluding steroid dienone is 1. The molecule has 0 saturated heterocycles. The first-order valence-corrected chi connectivity index (χ1v) is 26.1. The molecule has 0 spiro atoms. The molecule has 0 atom stereocenters. The molecule has 5 aromatic heterocycles. The van der Waals surface area contributed by atoms with E-state index in [-0.39, 0.29) is 22.7 Å². The van der Waals surface area contributed by atoms with Gasteiger partial charge in [0, 0.05) is 68.9 Å². The van der Waals surface area contributed by atoms with Crippen LogP contribution in [0.5, 0.6) is 0 Å². The summed E-state index contributed by atoms with van der Waals surface area (Å²) in [7, 11) is 1.36. The SMILES string of the molecule is CC(C)c1ccc2cnc(-c3cc(C(C)(C)C)[nH]n3)cc2c1.CC(C)c1ccc2cnc(C(=O)O)cc2c1.CC(C)c1ccc2cnc(C(O)=CC(=O)C(C)(C)C)cc2c1.COC(=O)c1cc2cc(C(C)C)ccc2cn1. The number of carboxylic acids is 1. The lowest BCUT2D eigenvalue weighted by Gasteiger charge is -2.14. The van der Waals surface area contributed by atoms with Crippen molar-refractivity contribution in [2.45, 2.75) is 126 Å². The molecule has 0 radical (unpaired) electrons. The number of aromatic carboxylic acids is 1. The van der Waals surface area contributed by atoms with Crippen LogP contribution in [-0.2, 0) is 14.9 Å². The summed E-state index contributed by atoms with van der Waals surface area (Å²) in [4.78, 5) is 51.0. The molecule has 9 aromatic rings. The van der Waals surface area contributed by atoms with E-state index in [0.717, 1.165) is 49.4 Å². The van der Waals surface area contributed by atoms with Gasteiger partial charge in [-0.05, 0) is 97.8 Å². The number of hydrogen-bond acceptors (Lipinski definition) is 10. The zero-order valence-corrected chi connectivity index (χ0v) is 47.3. The standard InChI is InChI=1S/C19H23N3.C19H23NO2.C14H15NO2.C13H13NO2/c1-12(2)13-6-7-14-11-20-16(9-15(14)8-13)17-10-18(22-21-17)19(3,4)5;1-12(2)13-6-7-14-11-20-16(9-15(14)8-13)17(21)10-18(22)19(3,4)5;1-9(2)10-4-5-11-8-15-13(14(16)17-3)7-12(11)6-10;1-8(2)9-3-4-10-7-14-12(13(15)16)6-11(10)5-9/h6-12H,1-5H3,(H,21,22);6-12,21H,1-5H3;4-9H,1-3H3;3-8H,1-2H3,(H,15,16). The van der Waals surface area contributed by atoms with E-state index in [1.54, 1.807) is 30.7 Å². The lowest BCUT2D eigenvalue weighted by atomic mass is 9.90. The Morgan fingerprint density at radius 2 is 0.857 bits per heavy atom. The van der Waals surface area contributed by atoms with Crippen LogP contribution in [0.3, 0.4) is 0 Å². The van der Waals surface area contributed by atoms with Crippen molar-refractivity contribution < 1.29 is 29.3 Å². The van der Waals surface area contributed by atoms with Crippen LogP contribution in [0.4, 0.5) is 0 Å². The third kappa shape index (κ3) is 15.3. The lowest BCUT2D eigenvalue weighted by Crippen LogP contribution is -2.17. The van der Waals surface area contributed by atoms with E-state index in [4.69, 9.17) is 5.11 Å². The molecule has 3 N–H and O–H groups in total. The van der Waals surface area contributed by atoms with Gasteiger partial charge in [-0.25, -0.2) is 19.6 Å². The van der Waals surface area contributed by atoms with Crippen molar-refractivity contribution in [3.8, 4) is 11.4 Å². The van der Waals surface area contributed by atoms with Crippen molar-refractivity contribution in [2.24, 2.45) is 5.41 Å². The van der Waals surface area contributed by atoms with Crippen LogP contribution in [0.1, 0.15) is 175 Å². The fourth-order valence-electron chi connectivity index (χ4n) is 7.94. The quantitative estimate of drug-likeness (QED) is 0.0711. The molecule has 0 amide bonds. The number of benzene rings is 4. The van der Waals surface area contributed by atoms with Crippen LogP contribution in [0.15, 0.2) is 134 Å². The molecule has 0 aliphatic heterocycles. The number of nitrogens with one attached hydrogen (secondary N) is 1. The lowest BCUT2D eigenvalue weighted by molar-refractivity contribution is -0.121. The van der Waals surface area contributed by atoms with E-state index in [1.165, 1.54) is 46.2 Å². The summed E-state index contributed by atoms with van der Waals surface area (Å²) in [5.41, 5.74) is 8.39. The highest BCUT2D eigenvalue weighted by Crippen LogP contribution is 2.29. The van der Waals surface area contributed by atoms with Crippen LogP contribution in [-0.4, -0.2) is 65.2 Å². The van der Waals surface area contributed by atoms with Gasteiger partial charge in [0.15, 0.2) is 5.78 Å². The highest BCUT2D eigenvalue weighted by molar-refractivity contribution is 5.99. The van der Waals surface area contributed by atoms with E-state index in [1.807, 2.05) is 57.3 Å². The number of carbonyl (C=O) groups is 3. The van der Waals surface area contributed by atoms with Gasteiger partial charge in [0.25, 0.3) is 0 Å². The van der Waals surface area contributed by atoms with Crippen molar-refractivity contribution in [2.75, 3.05) is 7.11 Å². The van der Waals surface area contributed by atoms with Crippen LogP contribution < -0.4 is 0 Å². The van der Waals surface area contributed by atoms with E-state index in [9.17, 15) is 19.5 Å². The Hall–Kier alpha value is -8.12. The fourth-order valence-corrected chi connectivity index (χ4v) is 7.94. The maximum absolute atomic E-state index is 12.0. The molecule has 0 saturated carbocycles.